The number of rotatable bonds is 8. The molecule has 0 spiro atoms. The number of amides is 1. The molecule has 1 heterocycles. The lowest BCUT2D eigenvalue weighted by Gasteiger charge is -2.35. The quantitative estimate of drug-likeness (QED) is 0.601. The number of hydrogen-bond donors (Lipinski definition) is 3. The molecular weight excluding hydrogens is 400 g/mol. The first-order valence-electron chi connectivity index (χ1n) is 10.7. The van der Waals surface area contributed by atoms with E-state index < -0.39 is 23.8 Å². The van der Waals surface area contributed by atoms with Crippen molar-refractivity contribution < 1.29 is 18.7 Å². The second-order valence-electron chi connectivity index (χ2n) is 8.27. The first kappa shape index (κ1) is 23.2. The second-order valence-corrected chi connectivity index (χ2v) is 8.27. The zero-order chi connectivity index (χ0) is 22.5. The van der Waals surface area contributed by atoms with Crippen LogP contribution in [0.1, 0.15) is 43.0 Å². The predicted molar refractivity (Wildman–Crippen MR) is 118 cm³/mol. The van der Waals surface area contributed by atoms with E-state index in [1.54, 1.807) is 0 Å². The Hall–Kier alpha value is -2.51. The van der Waals surface area contributed by atoms with Crippen molar-refractivity contribution >= 4 is 11.6 Å². The third-order valence-corrected chi connectivity index (χ3v) is 5.84. The SMILES string of the molecule is CCc1ccc2c(c1)C(NC[C@H](O)[C@H](Cc1cc(F)cc(F)c1)NC(C)=O)CCN2C. The highest BCUT2D eigenvalue weighted by atomic mass is 19.1. The normalized spacial score (nSPS) is 17.7. The molecule has 3 N–H and O–H groups in total. The largest absolute Gasteiger partial charge is 0.390 e. The van der Waals surface area contributed by atoms with Crippen LogP contribution in [-0.2, 0) is 17.6 Å². The van der Waals surface area contributed by atoms with Gasteiger partial charge in [0.25, 0.3) is 0 Å². The number of nitrogens with one attached hydrogen (secondary N) is 2. The van der Waals surface area contributed by atoms with Crippen LogP contribution in [0, 0.1) is 11.6 Å². The van der Waals surface area contributed by atoms with E-state index in [1.807, 2.05) is 0 Å². The molecule has 1 amide bonds. The van der Waals surface area contributed by atoms with Crippen molar-refractivity contribution in [1.29, 1.82) is 0 Å². The van der Waals surface area contributed by atoms with Gasteiger partial charge in [0, 0.05) is 44.9 Å². The standard InChI is InChI=1S/C24H31F2N3O2/c1-4-16-5-6-23-20(11-16)21(7-8-29(23)3)27-14-24(31)22(28-15(2)30)12-17-9-18(25)13-19(26)10-17/h5-6,9-11,13,21-22,24,27,31H,4,7-8,12,14H2,1-3H3,(H,28,30)/t21?,22-,24-/m0/s1. The van der Waals surface area contributed by atoms with Crippen LogP contribution < -0.4 is 15.5 Å². The van der Waals surface area contributed by atoms with Crippen molar-refractivity contribution in [2.24, 2.45) is 0 Å². The molecule has 0 saturated carbocycles. The summed E-state index contributed by atoms with van der Waals surface area (Å²) in [6.07, 6.45) is 1.04. The van der Waals surface area contributed by atoms with Gasteiger partial charge >= 0.3 is 0 Å². The molecule has 168 valence electrons. The van der Waals surface area contributed by atoms with E-state index in [0.717, 1.165) is 25.5 Å². The average Bonchev–Trinajstić information content (AvgIpc) is 2.71. The Morgan fingerprint density at radius 2 is 1.90 bits per heavy atom. The summed E-state index contributed by atoms with van der Waals surface area (Å²) in [5.74, 6) is -1.67. The van der Waals surface area contributed by atoms with Gasteiger partial charge in [-0.1, -0.05) is 19.1 Å². The molecule has 3 atom stereocenters. The number of hydrogen-bond acceptors (Lipinski definition) is 4. The van der Waals surface area contributed by atoms with Gasteiger partial charge in [0.2, 0.25) is 5.91 Å². The number of carbonyl (C=O) groups excluding carboxylic acids is 1. The summed E-state index contributed by atoms with van der Waals surface area (Å²) in [5, 5.41) is 17.0. The van der Waals surface area contributed by atoms with Crippen LogP contribution in [0.5, 0.6) is 0 Å². The predicted octanol–water partition coefficient (Wildman–Crippen LogP) is 3.11. The number of aliphatic hydroxyl groups excluding tert-OH is 1. The molecule has 3 rings (SSSR count). The zero-order valence-corrected chi connectivity index (χ0v) is 18.3. The van der Waals surface area contributed by atoms with Gasteiger partial charge in [-0.2, -0.15) is 0 Å². The van der Waals surface area contributed by atoms with Gasteiger partial charge in [-0.3, -0.25) is 4.79 Å². The molecule has 7 heteroatoms. The summed E-state index contributed by atoms with van der Waals surface area (Å²) in [4.78, 5) is 13.9. The first-order valence-corrected chi connectivity index (χ1v) is 10.7. The topological polar surface area (TPSA) is 64.6 Å². The summed E-state index contributed by atoms with van der Waals surface area (Å²) in [7, 11) is 2.07. The lowest BCUT2D eigenvalue weighted by atomic mass is 9.93. The van der Waals surface area contributed by atoms with Crippen molar-refractivity contribution in [3.8, 4) is 0 Å². The number of nitrogens with zero attached hydrogens (tertiary/aromatic N) is 1. The van der Waals surface area contributed by atoms with E-state index in [9.17, 15) is 18.7 Å². The molecule has 0 radical (unpaired) electrons. The summed E-state index contributed by atoms with van der Waals surface area (Å²) < 4.78 is 27.1. The van der Waals surface area contributed by atoms with E-state index in [4.69, 9.17) is 0 Å². The van der Waals surface area contributed by atoms with Gasteiger partial charge in [-0.15, -0.1) is 0 Å². The summed E-state index contributed by atoms with van der Waals surface area (Å²) in [6.45, 7) is 4.61. The fourth-order valence-electron chi connectivity index (χ4n) is 4.19. The average molecular weight is 432 g/mol. The van der Waals surface area contributed by atoms with Crippen LogP contribution in [0.2, 0.25) is 0 Å². The van der Waals surface area contributed by atoms with E-state index in [-0.39, 0.29) is 24.9 Å². The number of aliphatic hydroxyl groups is 1. The fourth-order valence-corrected chi connectivity index (χ4v) is 4.19. The number of carbonyl (C=O) groups is 1. The molecule has 0 bridgehead atoms. The monoisotopic (exact) mass is 431 g/mol. The maximum atomic E-state index is 13.6. The molecule has 1 aliphatic heterocycles. The number of aryl methyl sites for hydroxylation is 1. The fraction of sp³-hybridized carbons (Fsp3) is 0.458. The molecule has 0 aromatic heterocycles. The Kier molecular flexibility index (Phi) is 7.62. The Morgan fingerprint density at radius 1 is 1.19 bits per heavy atom. The third kappa shape index (κ3) is 6.02. The highest BCUT2D eigenvalue weighted by molar-refractivity contribution is 5.73. The van der Waals surface area contributed by atoms with Crippen LogP contribution in [0.4, 0.5) is 14.5 Å². The van der Waals surface area contributed by atoms with Crippen molar-refractivity contribution in [1.82, 2.24) is 10.6 Å². The van der Waals surface area contributed by atoms with E-state index in [2.05, 4.69) is 47.7 Å². The van der Waals surface area contributed by atoms with E-state index in [0.29, 0.717) is 5.56 Å². The van der Waals surface area contributed by atoms with Gasteiger partial charge in [-0.25, -0.2) is 8.78 Å². The Balaban J connectivity index is 1.71. The molecule has 0 saturated heterocycles. The van der Waals surface area contributed by atoms with Crippen molar-refractivity contribution in [2.45, 2.75) is 51.3 Å². The van der Waals surface area contributed by atoms with E-state index in [1.165, 1.54) is 35.9 Å². The van der Waals surface area contributed by atoms with Crippen LogP contribution >= 0.6 is 0 Å². The molecule has 0 aliphatic carbocycles. The zero-order valence-electron chi connectivity index (χ0n) is 18.3. The highest BCUT2D eigenvalue weighted by Crippen LogP contribution is 2.33. The smallest absolute Gasteiger partial charge is 0.217 e. The molecule has 2 aromatic carbocycles. The van der Waals surface area contributed by atoms with Crippen LogP contribution in [0.25, 0.3) is 0 Å². The molecule has 0 fully saturated rings. The number of benzene rings is 2. The summed E-state index contributed by atoms with van der Waals surface area (Å²) in [5.41, 5.74) is 4.01. The van der Waals surface area contributed by atoms with Gasteiger partial charge in [0.1, 0.15) is 11.6 Å². The Morgan fingerprint density at radius 3 is 2.55 bits per heavy atom. The van der Waals surface area contributed by atoms with Gasteiger partial charge < -0.3 is 20.6 Å². The maximum absolute atomic E-state index is 13.6. The van der Waals surface area contributed by atoms with Gasteiger partial charge in [-0.05, 0) is 54.2 Å². The summed E-state index contributed by atoms with van der Waals surface area (Å²) >= 11 is 0. The van der Waals surface area contributed by atoms with Crippen molar-refractivity contribution in [2.75, 3.05) is 25.0 Å². The minimum Gasteiger partial charge on any atom is -0.390 e. The molecule has 1 unspecified atom stereocenters. The van der Waals surface area contributed by atoms with Gasteiger partial charge in [0.15, 0.2) is 0 Å². The van der Waals surface area contributed by atoms with Gasteiger partial charge in [0.05, 0.1) is 12.1 Å². The summed E-state index contributed by atoms with van der Waals surface area (Å²) in [6, 6.07) is 9.13. The maximum Gasteiger partial charge on any atom is 0.217 e. The highest BCUT2D eigenvalue weighted by Gasteiger charge is 2.26. The molecule has 1 aliphatic rings. The molecule has 5 nitrogen and oxygen atoms in total. The number of anilines is 1. The Bertz CT molecular complexity index is 901. The Labute approximate surface area is 182 Å². The minimum atomic E-state index is -0.923. The van der Waals surface area contributed by atoms with Crippen molar-refractivity contribution in [3.63, 3.8) is 0 Å². The molecular formula is C24H31F2N3O2. The number of fused-ring (bicyclic) bond motifs is 1. The van der Waals surface area contributed by atoms with Crippen LogP contribution in [0.15, 0.2) is 36.4 Å². The molecule has 2 aromatic rings. The second kappa shape index (κ2) is 10.2. The third-order valence-electron chi connectivity index (χ3n) is 5.84. The van der Waals surface area contributed by atoms with Crippen molar-refractivity contribution in [3.05, 3.63) is 64.7 Å². The van der Waals surface area contributed by atoms with Crippen LogP contribution in [-0.4, -0.2) is 43.3 Å². The lowest BCUT2D eigenvalue weighted by molar-refractivity contribution is -0.120. The lowest BCUT2D eigenvalue weighted by Crippen LogP contribution is -2.49. The minimum absolute atomic E-state index is 0.0805. The number of halogens is 2. The van der Waals surface area contributed by atoms with Crippen LogP contribution in [0.3, 0.4) is 0 Å². The van der Waals surface area contributed by atoms with E-state index >= 15 is 0 Å². The molecule has 31 heavy (non-hydrogen) atoms. The first-order chi connectivity index (χ1) is 14.8.